The van der Waals surface area contributed by atoms with E-state index in [1.165, 1.54) is 25.3 Å². The molecule has 1 aromatic carbocycles. The average Bonchev–Trinajstić information content (AvgIpc) is 3.38. The van der Waals surface area contributed by atoms with Gasteiger partial charge in [-0.25, -0.2) is 9.07 Å². The van der Waals surface area contributed by atoms with Gasteiger partial charge in [-0.1, -0.05) is 16.8 Å². The highest BCUT2D eigenvalue weighted by Gasteiger charge is 2.53. The van der Waals surface area contributed by atoms with E-state index < -0.39 is 23.9 Å². The monoisotopic (exact) mass is 498 g/mol. The maximum absolute atomic E-state index is 14.5. The molecular formula is C22H22ClF3N4O2S. The van der Waals surface area contributed by atoms with Crippen molar-refractivity contribution in [2.75, 3.05) is 13.7 Å². The van der Waals surface area contributed by atoms with Crippen molar-refractivity contribution in [2.45, 2.75) is 49.9 Å². The van der Waals surface area contributed by atoms with Crippen LogP contribution in [0.2, 0.25) is 4.34 Å². The molecule has 2 aliphatic rings. The van der Waals surface area contributed by atoms with Crippen molar-refractivity contribution >= 4 is 22.9 Å². The summed E-state index contributed by atoms with van der Waals surface area (Å²) in [6, 6.07) is 5.54. The van der Waals surface area contributed by atoms with Crippen LogP contribution in [0.5, 0.6) is 5.75 Å². The summed E-state index contributed by atoms with van der Waals surface area (Å²) in [7, 11) is 1.48. The second-order valence-corrected chi connectivity index (χ2v) is 10.3. The minimum Gasteiger partial charge on any atom is -0.497 e. The van der Waals surface area contributed by atoms with Crippen LogP contribution in [0, 0.1) is 5.82 Å². The predicted octanol–water partition coefficient (Wildman–Crippen LogP) is 5.02. The lowest BCUT2D eigenvalue weighted by molar-refractivity contribution is -0.183. The fraction of sp³-hybridized carbons (Fsp3) is 0.455. The molecule has 0 aliphatic carbocycles. The van der Waals surface area contributed by atoms with E-state index in [0.29, 0.717) is 45.6 Å². The molecule has 1 fully saturated rings. The van der Waals surface area contributed by atoms with Gasteiger partial charge >= 0.3 is 0 Å². The molecule has 5 rings (SSSR count). The number of rotatable bonds is 4. The first-order valence-electron chi connectivity index (χ1n) is 10.5. The van der Waals surface area contributed by atoms with Gasteiger partial charge in [-0.05, 0) is 37.1 Å². The van der Waals surface area contributed by atoms with Crippen LogP contribution in [0.3, 0.4) is 0 Å². The maximum Gasteiger partial charge on any atom is 0.297 e. The number of nitrogens with zero attached hydrogens (tertiary/aromatic N) is 3. The summed E-state index contributed by atoms with van der Waals surface area (Å²) in [4.78, 5) is 0.487. The number of nitrogens with one attached hydrogen (secondary N) is 1. The summed E-state index contributed by atoms with van der Waals surface area (Å²) in [5.41, 5.74) is 0.430. The lowest BCUT2D eigenvalue weighted by atomic mass is 9.78. The topological polar surface area (TPSA) is 61.2 Å². The number of hydrogen-bond acceptors (Lipinski definition) is 6. The van der Waals surface area contributed by atoms with Crippen LogP contribution in [-0.4, -0.2) is 34.8 Å². The molecule has 3 atom stereocenters. The molecule has 4 heterocycles. The third-order valence-electron chi connectivity index (χ3n) is 6.12. The van der Waals surface area contributed by atoms with E-state index in [1.807, 2.05) is 6.92 Å². The molecule has 176 valence electrons. The standard InChI is InChI=1S/C22H22ClF3N4O2S/c1-12-7-21(20-16(6-19(23)33-20)22(25,26)11-32-21)8-17(27-12)18-10-30(29-28-18)9-13-3-14(24)5-15(4-13)31-2/h3-6,10,12,17,27H,7-9,11H2,1-2H3/t12-,17-,21-/m0/s1. The molecule has 3 aromatic rings. The molecular weight excluding hydrogens is 477 g/mol. The highest BCUT2D eigenvalue weighted by atomic mass is 35.5. The highest BCUT2D eigenvalue weighted by molar-refractivity contribution is 7.16. The van der Waals surface area contributed by atoms with E-state index in [1.54, 1.807) is 16.9 Å². The molecule has 0 saturated carbocycles. The number of thiophene rings is 1. The SMILES string of the molecule is COc1cc(F)cc(Cn2cc([C@@H]3C[C@]4(C[C@H](C)N3)OCC(F)(F)c3cc(Cl)sc34)nn2)c1. The lowest BCUT2D eigenvalue weighted by Crippen LogP contribution is -2.51. The van der Waals surface area contributed by atoms with Gasteiger partial charge in [-0.2, -0.15) is 8.78 Å². The van der Waals surface area contributed by atoms with Crippen molar-refractivity contribution in [3.8, 4) is 5.75 Å². The number of methoxy groups -OCH3 is 1. The Morgan fingerprint density at radius 3 is 2.91 bits per heavy atom. The van der Waals surface area contributed by atoms with Crippen molar-refractivity contribution in [3.63, 3.8) is 0 Å². The number of halogens is 4. The normalized spacial score (nSPS) is 26.4. The van der Waals surface area contributed by atoms with Gasteiger partial charge in [0.2, 0.25) is 0 Å². The van der Waals surface area contributed by atoms with Crippen LogP contribution in [0.4, 0.5) is 13.2 Å². The smallest absolute Gasteiger partial charge is 0.297 e. The summed E-state index contributed by atoms with van der Waals surface area (Å²) in [6.45, 7) is 1.62. The van der Waals surface area contributed by atoms with Crippen LogP contribution in [0.25, 0.3) is 0 Å². The quantitative estimate of drug-likeness (QED) is 0.547. The molecule has 33 heavy (non-hydrogen) atoms. The largest absolute Gasteiger partial charge is 0.497 e. The summed E-state index contributed by atoms with van der Waals surface area (Å²) in [5.74, 6) is -3.04. The Bertz CT molecular complexity index is 1190. The first kappa shape index (κ1) is 22.6. The Hall–Kier alpha value is -2.14. The summed E-state index contributed by atoms with van der Waals surface area (Å²) >= 11 is 7.29. The van der Waals surface area contributed by atoms with Crippen LogP contribution in [-0.2, 0) is 22.8 Å². The van der Waals surface area contributed by atoms with Gasteiger partial charge in [0.15, 0.2) is 0 Å². The summed E-state index contributed by atoms with van der Waals surface area (Å²) < 4.78 is 55.8. The molecule has 0 bridgehead atoms. The Kier molecular flexibility index (Phi) is 5.67. The number of aromatic nitrogens is 3. The molecule has 11 heteroatoms. The Morgan fingerprint density at radius 2 is 2.12 bits per heavy atom. The van der Waals surface area contributed by atoms with Gasteiger partial charge in [0, 0.05) is 29.0 Å². The fourth-order valence-electron chi connectivity index (χ4n) is 4.77. The lowest BCUT2D eigenvalue weighted by Gasteiger charge is -2.47. The summed E-state index contributed by atoms with van der Waals surface area (Å²) in [5, 5.41) is 12.0. The summed E-state index contributed by atoms with van der Waals surface area (Å²) in [6.07, 6.45) is 2.74. The number of alkyl halides is 2. The van der Waals surface area contributed by atoms with Crippen molar-refractivity contribution in [1.29, 1.82) is 0 Å². The van der Waals surface area contributed by atoms with Gasteiger partial charge in [0.25, 0.3) is 5.92 Å². The van der Waals surface area contributed by atoms with Crippen LogP contribution in [0.1, 0.15) is 47.5 Å². The van der Waals surface area contributed by atoms with Gasteiger partial charge < -0.3 is 14.8 Å². The molecule has 0 amide bonds. The predicted molar refractivity (Wildman–Crippen MR) is 118 cm³/mol. The molecule has 6 nitrogen and oxygen atoms in total. The third-order valence-corrected chi connectivity index (χ3v) is 7.57. The minimum absolute atomic E-state index is 0.0122. The number of fused-ring (bicyclic) bond motifs is 2. The van der Waals surface area contributed by atoms with E-state index in [4.69, 9.17) is 21.1 Å². The maximum atomic E-state index is 14.5. The number of piperidine rings is 1. The van der Waals surface area contributed by atoms with E-state index in [-0.39, 0.29) is 17.6 Å². The first-order valence-corrected chi connectivity index (χ1v) is 11.7. The van der Waals surface area contributed by atoms with Gasteiger partial charge in [-0.3, -0.25) is 0 Å². The van der Waals surface area contributed by atoms with E-state index in [0.717, 1.165) is 11.3 Å². The van der Waals surface area contributed by atoms with Crippen LogP contribution >= 0.6 is 22.9 Å². The van der Waals surface area contributed by atoms with Gasteiger partial charge in [0.05, 0.1) is 35.9 Å². The minimum atomic E-state index is -3.07. The highest BCUT2D eigenvalue weighted by Crippen LogP contribution is 2.54. The Labute approximate surface area is 197 Å². The Morgan fingerprint density at radius 1 is 1.30 bits per heavy atom. The van der Waals surface area contributed by atoms with Crippen molar-refractivity contribution in [1.82, 2.24) is 20.3 Å². The Balaban J connectivity index is 1.41. The average molecular weight is 499 g/mol. The molecule has 0 unspecified atom stereocenters. The number of benzene rings is 1. The molecule has 1 N–H and O–H groups in total. The fourth-order valence-corrected chi connectivity index (χ4v) is 6.21. The van der Waals surface area contributed by atoms with Gasteiger partial charge in [-0.15, -0.1) is 16.4 Å². The van der Waals surface area contributed by atoms with Crippen LogP contribution < -0.4 is 10.1 Å². The van der Waals surface area contributed by atoms with Gasteiger partial charge in [0.1, 0.15) is 23.8 Å². The van der Waals surface area contributed by atoms with Crippen molar-refractivity contribution in [2.24, 2.45) is 0 Å². The second-order valence-electron chi connectivity index (χ2n) is 8.65. The third kappa shape index (κ3) is 4.25. The first-order chi connectivity index (χ1) is 15.7. The molecule has 1 spiro atoms. The molecule has 2 aliphatic heterocycles. The van der Waals surface area contributed by atoms with Crippen molar-refractivity contribution in [3.05, 3.63) is 62.3 Å². The molecule has 2 aromatic heterocycles. The zero-order valence-corrected chi connectivity index (χ0v) is 19.5. The molecule has 1 saturated heterocycles. The number of hydrogen-bond donors (Lipinski definition) is 1. The zero-order valence-electron chi connectivity index (χ0n) is 17.9. The number of ether oxygens (including phenoxy) is 2. The van der Waals surface area contributed by atoms with Crippen LogP contribution in [0.15, 0.2) is 30.5 Å². The zero-order chi connectivity index (χ0) is 23.4. The van der Waals surface area contributed by atoms with E-state index >= 15 is 0 Å². The van der Waals surface area contributed by atoms with Crippen molar-refractivity contribution < 1.29 is 22.6 Å². The van der Waals surface area contributed by atoms with E-state index in [2.05, 4.69) is 15.6 Å². The second kappa shape index (κ2) is 8.26. The van der Waals surface area contributed by atoms with E-state index in [9.17, 15) is 13.2 Å². The molecule has 0 radical (unpaired) electrons.